The normalized spacial score (nSPS) is 11.0. The molecule has 120 valence electrons. The number of nitro groups is 1. The second-order valence-corrected chi connectivity index (χ2v) is 5.11. The van der Waals surface area contributed by atoms with E-state index < -0.39 is 4.92 Å². The zero-order valence-corrected chi connectivity index (χ0v) is 12.8. The molecule has 3 aromatic rings. The molecule has 1 aromatic heterocycles. The Morgan fingerprint density at radius 3 is 2.71 bits per heavy atom. The summed E-state index contributed by atoms with van der Waals surface area (Å²) in [6, 6.07) is 13.4. The molecule has 2 aromatic carbocycles. The molecule has 0 aliphatic heterocycles. The largest absolute Gasteiger partial charge is 0.504 e. The minimum atomic E-state index is -0.440. The van der Waals surface area contributed by atoms with E-state index in [2.05, 4.69) is 4.98 Å². The molecule has 6 heteroatoms. The average Bonchev–Trinajstić information content (AvgIpc) is 2.59. The van der Waals surface area contributed by atoms with Crippen molar-refractivity contribution in [2.75, 3.05) is 7.11 Å². The Morgan fingerprint density at radius 2 is 2.00 bits per heavy atom. The van der Waals surface area contributed by atoms with E-state index in [-0.39, 0.29) is 11.4 Å². The molecule has 0 unspecified atom stereocenters. The summed E-state index contributed by atoms with van der Waals surface area (Å²) in [7, 11) is 1.48. The lowest BCUT2D eigenvalue weighted by atomic mass is 10.1. The van der Waals surface area contributed by atoms with Crippen molar-refractivity contribution < 1.29 is 14.8 Å². The maximum Gasteiger partial charge on any atom is 0.295 e. The molecule has 1 heterocycles. The van der Waals surface area contributed by atoms with E-state index >= 15 is 0 Å². The van der Waals surface area contributed by atoms with Crippen LogP contribution in [0.25, 0.3) is 23.1 Å². The fourth-order valence-electron chi connectivity index (χ4n) is 2.38. The van der Waals surface area contributed by atoms with Gasteiger partial charge in [0.1, 0.15) is 5.52 Å². The number of non-ortho nitro benzene ring substituents is 1. The summed E-state index contributed by atoms with van der Waals surface area (Å²) in [4.78, 5) is 15.0. The number of nitrogens with zero attached hydrogens (tertiary/aromatic N) is 2. The van der Waals surface area contributed by atoms with Crippen molar-refractivity contribution in [1.29, 1.82) is 0 Å². The van der Waals surface area contributed by atoms with E-state index in [1.54, 1.807) is 54.6 Å². The number of phenols is 1. The number of phenolic OH excluding ortho intramolecular Hbond substituents is 1. The van der Waals surface area contributed by atoms with E-state index in [1.165, 1.54) is 13.2 Å². The molecule has 1 N–H and O–H groups in total. The van der Waals surface area contributed by atoms with Gasteiger partial charge in [0.25, 0.3) is 5.69 Å². The standard InChI is InChI=1S/C18H14N2O4/c1-24-17-10-6-12(11-16(17)21)5-8-14-9-7-13-3-2-4-15(20(22)23)18(13)19-14/h2-11,21H,1H3. The van der Waals surface area contributed by atoms with Crippen molar-refractivity contribution in [3.05, 3.63) is 69.9 Å². The van der Waals surface area contributed by atoms with Gasteiger partial charge in [-0.3, -0.25) is 10.1 Å². The second-order valence-electron chi connectivity index (χ2n) is 5.11. The van der Waals surface area contributed by atoms with E-state index in [0.717, 1.165) is 5.56 Å². The highest BCUT2D eigenvalue weighted by Gasteiger charge is 2.12. The van der Waals surface area contributed by atoms with Gasteiger partial charge in [0.2, 0.25) is 0 Å². The number of hydrogen-bond acceptors (Lipinski definition) is 5. The molecule has 3 rings (SSSR count). The molecule has 24 heavy (non-hydrogen) atoms. The summed E-state index contributed by atoms with van der Waals surface area (Å²) in [6.45, 7) is 0. The molecule has 0 atom stereocenters. The summed E-state index contributed by atoms with van der Waals surface area (Å²) in [6.07, 6.45) is 3.50. The number of aromatic nitrogens is 1. The lowest BCUT2D eigenvalue weighted by Gasteiger charge is -2.03. The first kappa shape index (κ1) is 15.5. The number of ether oxygens (including phenoxy) is 1. The topological polar surface area (TPSA) is 85.5 Å². The van der Waals surface area contributed by atoms with E-state index in [4.69, 9.17) is 4.74 Å². The predicted octanol–water partition coefficient (Wildman–Crippen LogP) is 4.03. The van der Waals surface area contributed by atoms with Crippen molar-refractivity contribution in [3.8, 4) is 11.5 Å². The zero-order chi connectivity index (χ0) is 17.1. The number of pyridine rings is 1. The minimum Gasteiger partial charge on any atom is -0.504 e. The van der Waals surface area contributed by atoms with Gasteiger partial charge in [-0.05, 0) is 29.8 Å². The summed E-state index contributed by atoms with van der Waals surface area (Å²) in [5.41, 5.74) is 1.68. The monoisotopic (exact) mass is 322 g/mol. The number of nitro benzene ring substituents is 1. The van der Waals surface area contributed by atoms with Crippen molar-refractivity contribution in [2.45, 2.75) is 0 Å². The van der Waals surface area contributed by atoms with Crippen LogP contribution in [0.2, 0.25) is 0 Å². The van der Waals surface area contributed by atoms with Crippen LogP contribution in [-0.4, -0.2) is 22.1 Å². The third-order valence-electron chi connectivity index (χ3n) is 3.57. The first-order valence-electron chi connectivity index (χ1n) is 7.18. The highest BCUT2D eigenvalue weighted by Crippen LogP contribution is 2.27. The Bertz CT molecular complexity index is 951. The number of benzene rings is 2. The molecule has 0 amide bonds. The van der Waals surface area contributed by atoms with E-state index in [0.29, 0.717) is 22.3 Å². The number of methoxy groups -OCH3 is 1. The number of fused-ring (bicyclic) bond motifs is 1. The highest BCUT2D eigenvalue weighted by atomic mass is 16.6. The first-order chi connectivity index (χ1) is 11.6. The predicted molar refractivity (Wildman–Crippen MR) is 92.0 cm³/mol. The molecule has 0 aliphatic rings. The van der Waals surface area contributed by atoms with Crippen LogP contribution in [0.3, 0.4) is 0 Å². The van der Waals surface area contributed by atoms with Gasteiger partial charge in [-0.15, -0.1) is 0 Å². The summed E-state index contributed by atoms with van der Waals surface area (Å²) in [5, 5.41) is 21.6. The van der Waals surface area contributed by atoms with Gasteiger partial charge in [-0.2, -0.15) is 0 Å². The van der Waals surface area contributed by atoms with Crippen LogP contribution in [0.1, 0.15) is 11.3 Å². The van der Waals surface area contributed by atoms with Crippen LogP contribution in [0.5, 0.6) is 11.5 Å². The highest BCUT2D eigenvalue weighted by molar-refractivity contribution is 5.88. The maximum atomic E-state index is 11.1. The molecule has 0 saturated carbocycles. The van der Waals surface area contributed by atoms with Crippen LogP contribution in [0.4, 0.5) is 5.69 Å². The quantitative estimate of drug-likeness (QED) is 0.579. The smallest absolute Gasteiger partial charge is 0.295 e. The SMILES string of the molecule is COc1ccc(C=Cc2ccc3cccc([N+](=O)[O-])c3n2)cc1O. The van der Waals surface area contributed by atoms with Crippen LogP contribution in [0, 0.1) is 10.1 Å². The van der Waals surface area contributed by atoms with E-state index in [1.807, 2.05) is 0 Å². The molecule has 0 spiro atoms. The van der Waals surface area contributed by atoms with Gasteiger partial charge in [-0.25, -0.2) is 4.98 Å². The molecule has 0 fully saturated rings. The Labute approximate surface area is 137 Å². The molecular weight excluding hydrogens is 308 g/mol. The van der Waals surface area contributed by atoms with E-state index in [9.17, 15) is 15.2 Å². The third-order valence-corrected chi connectivity index (χ3v) is 3.57. The van der Waals surface area contributed by atoms with Gasteiger partial charge in [-0.1, -0.05) is 30.3 Å². The van der Waals surface area contributed by atoms with Crippen LogP contribution in [-0.2, 0) is 0 Å². The Balaban J connectivity index is 1.96. The van der Waals surface area contributed by atoms with Crippen LogP contribution in [0.15, 0.2) is 48.5 Å². The van der Waals surface area contributed by atoms with Crippen molar-refractivity contribution >= 4 is 28.7 Å². The lowest BCUT2D eigenvalue weighted by Crippen LogP contribution is -1.92. The fraction of sp³-hybridized carbons (Fsp3) is 0.0556. The molecule has 0 radical (unpaired) electrons. The van der Waals surface area contributed by atoms with Crippen molar-refractivity contribution in [2.24, 2.45) is 0 Å². The zero-order valence-electron chi connectivity index (χ0n) is 12.8. The molecule has 0 saturated heterocycles. The van der Waals surface area contributed by atoms with Crippen molar-refractivity contribution in [3.63, 3.8) is 0 Å². The number of hydrogen-bond donors (Lipinski definition) is 1. The van der Waals surface area contributed by atoms with Gasteiger partial charge in [0, 0.05) is 11.5 Å². The summed E-state index contributed by atoms with van der Waals surface area (Å²) < 4.78 is 5.00. The van der Waals surface area contributed by atoms with Gasteiger partial charge in [0.15, 0.2) is 11.5 Å². The lowest BCUT2D eigenvalue weighted by molar-refractivity contribution is -0.383. The number of para-hydroxylation sites is 1. The Hall–Kier alpha value is -3.41. The Morgan fingerprint density at radius 1 is 1.17 bits per heavy atom. The summed E-state index contributed by atoms with van der Waals surface area (Å²) >= 11 is 0. The minimum absolute atomic E-state index is 0.0233. The van der Waals surface area contributed by atoms with Gasteiger partial charge in [0.05, 0.1) is 17.7 Å². The van der Waals surface area contributed by atoms with Gasteiger partial charge >= 0.3 is 0 Å². The number of rotatable bonds is 4. The molecule has 0 bridgehead atoms. The van der Waals surface area contributed by atoms with Gasteiger partial charge < -0.3 is 9.84 Å². The maximum absolute atomic E-state index is 11.1. The molecule has 0 aliphatic carbocycles. The van der Waals surface area contributed by atoms with Crippen molar-refractivity contribution in [1.82, 2.24) is 4.98 Å². The van der Waals surface area contributed by atoms with Crippen LogP contribution >= 0.6 is 0 Å². The molecular formula is C18H14N2O4. The molecule has 6 nitrogen and oxygen atoms in total. The average molecular weight is 322 g/mol. The summed E-state index contributed by atoms with van der Waals surface area (Å²) in [5.74, 6) is 0.438. The third kappa shape index (κ3) is 3.03. The first-order valence-corrected chi connectivity index (χ1v) is 7.18. The second kappa shape index (κ2) is 6.37. The number of aromatic hydroxyl groups is 1. The fourth-order valence-corrected chi connectivity index (χ4v) is 2.38. The Kier molecular flexibility index (Phi) is 4.11. The van der Waals surface area contributed by atoms with Crippen LogP contribution < -0.4 is 4.74 Å².